The second-order valence-corrected chi connectivity index (χ2v) is 4.48. The number of ether oxygens (including phenoxy) is 1. The van der Waals surface area contributed by atoms with Crippen LogP contribution in [-0.2, 0) is 6.42 Å². The van der Waals surface area contributed by atoms with Gasteiger partial charge in [-0.1, -0.05) is 6.07 Å². The van der Waals surface area contributed by atoms with Gasteiger partial charge in [0.25, 0.3) is 0 Å². The molecule has 1 aliphatic rings. The fourth-order valence-corrected chi connectivity index (χ4v) is 2.13. The van der Waals surface area contributed by atoms with E-state index >= 15 is 0 Å². The van der Waals surface area contributed by atoms with Gasteiger partial charge in [0.1, 0.15) is 5.75 Å². The predicted octanol–water partition coefficient (Wildman–Crippen LogP) is 3.39. The molecule has 0 saturated heterocycles. The topological polar surface area (TPSA) is 29.5 Å². The van der Waals surface area contributed by atoms with Gasteiger partial charge in [-0.2, -0.15) is 13.2 Å². The van der Waals surface area contributed by atoms with E-state index in [1.54, 1.807) is 12.1 Å². The zero-order valence-electron chi connectivity index (χ0n) is 9.83. The van der Waals surface area contributed by atoms with Gasteiger partial charge in [0, 0.05) is 0 Å². The van der Waals surface area contributed by atoms with Gasteiger partial charge >= 0.3 is 6.18 Å². The van der Waals surface area contributed by atoms with Crippen LogP contribution in [0, 0.1) is 0 Å². The Morgan fingerprint density at radius 3 is 2.83 bits per heavy atom. The number of fused-ring (bicyclic) bond motifs is 1. The second-order valence-electron chi connectivity index (χ2n) is 4.48. The minimum absolute atomic E-state index is 0.388. The molecule has 0 spiro atoms. The Kier molecular flexibility index (Phi) is 3.80. The molecule has 2 nitrogen and oxygen atoms in total. The maximum Gasteiger partial charge on any atom is 0.392 e. The molecule has 0 radical (unpaired) electrons. The van der Waals surface area contributed by atoms with Crippen molar-refractivity contribution in [3.63, 3.8) is 0 Å². The number of alkyl halides is 3. The van der Waals surface area contributed by atoms with Crippen LogP contribution in [0.3, 0.4) is 0 Å². The summed E-state index contributed by atoms with van der Waals surface area (Å²) in [5, 5.41) is 9.80. The summed E-state index contributed by atoms with van der Waals surface area (Å²) in [7, 11) is 0. The highest BCUT2D eigenvalue weighted by atomic mass is 19.4. The third kappa shape index (κ3) is 3.38. The van der Waals surface area contributed by atoms with Crippen LogP contribution >= 0.6 is 0 Å². The number of halogens is 3. The van der Waals surface area contributed by atoms with Crippen LogP contribution < -0.4 is 4.74 Å². The van der Waals surface area contributed by atoms with Crippen molar-refractivity contribution >= 4 is 0 Å². The van der Waals surface area contributed by atoms with E-state index in [1.807, 2.05) is 6.07 Å². The molecule has 1 aliphatic carbocycles. The number of aryl methyl sites for hydroxylation is 1. The van der Waals surface area contributed by atoms with Crippen LogP contribution in [-0.4, -0.2) is 17.9 Å². The zero-order chi connectivity index (χ0) is 13.2. The van der Waals surface area contributed by atoms with Crippen LogP contribution in [0.15, 0.2) is 18.2 Å². The van der Waals surface area contributed by atoms with Crippen LogP contribution in [0.4, 0.5) is 13.2 Å². The predicted molar refractivity (Wildman–Crippen MR) is 60.5 cm³/mol. The SMILES string of the molecule is O[C@@H]1CCCc2ccc(OCCC(F)(F)F)cc21. The number of aliphatic hydroxyl groups excluding tert-OH is 1. The van der Waals surface area contributed by atoms with Gasteiger partial charge < -0.3 is 9.84 Å². The maximum atomic E-state index is 12.0. The first-order valence-electron chi connectivity index (χ1n) is 5.96. The number of benzene rings is 1. The summed E-state index contributed by atoms with van der Waals surface area (Å²) in [5.74, 6) is 0.388. The number of hydrogen-bond acceptors (Lipinski definition) is 2. The van der Waals surface area contributed by atoms with Gasteiger partial charge in [-0.3, -0.25) is 0 Å². The van der Waals surface area contributed by atoms with Crippen molar-refractivity contribution in [2.75, 3.05) is 6.61 Å². The van der Waals surface area contributed by atoms with Crippen molar-refractivity contribution in [2.45, 2.75) is 38.0 Å². The van der Waals surface area contributed by atoms with Gasteiger partial charge in [0.2, 0.25) is 0 Å². The van der Waals surface area contributed by atoms with E-state index in [-0.39, 0.29) is 0 Å². The van der Waals surface area contributed by atoms with Crippen LogP contribution in [0.2, 0.25) is 0 Å². The lowest BCUT2D eigenvalue weighted by Crippen LogP contribution is -2.14. The van der Waals surface area contributed by atoms with Gasteiger partial charge in [-0.25, -0.2) is 0 Å². The Morgan fingerprint density at radius 2 is 2.11 bits per heavy atom. The standard InChI is InChI=1S/C13H15F3O2/c14-13(15,16)6-7-18-10-5-4-9-2-1-3-12(17)11(9)8-10/h4-5,8,12,17H,1-3,6-7H2/t12-/m1/s1. The zero-order valence-corrected chi connectivity index (χ0v) is 9.83. The third-order valence-corrected chi connectivity index (χ3v) is 3.05. The quantitative estimate of drug-likeness (QED) is 0.902. The molecular formula is C13H15F3O2. The van der Waals surface area contributed by atoms with E-state index in [4.69, 9.17) is 4.74 Å². The van der Waals surface area contributed by atoms with Crippen molar-refractivity contribution in [2.24, 2.45) is 0 Å². The summed E-state index contributed by atoms with van der Waals surface area (Å²) in [5.41, 5.74) is 1.84. The minimum Gasteiger partial charge on any atom is -0.493 e. The molecule has 0 saturated carbocycles. The van der Waals surface area contributed by atoms with Gasteiger partial charge in [0.05, 0.1) is 19.1 Å². The Labute approximate surface area is 103 Å². The molecule has 0 heterocycles. The molecule has 0 fully saturated rings. The highest BCUT2D eigenvalue weighted by Gasteiger charge is 2.27. The molecule has 0 bridgehead atoms. The Bertz CT molecular complexity index is 415. The van der Waals surface area contributed by atoms with Crippen molar-refractivity contribution < 1.29 is 23.0 Å². The third-order valence-electron chi connectivity index (χ3n) is 3.05. The molecule has 100 valence electrons. The molecule has 1 aromatic carbocycles. The lowest BCUT2D eigenvalue weighted by Gasteiger charge is -2.22. The van der Waals surface area contributed by atoms with E-state index in [0.29, 0.717) is 12.2 Å². The van der Waals surface area contributed by atoms with Crippen LogP contribution in [0.25, 0.3) is 0 Å². The maximum absolute atomic E-state index is 12.0. The molecule has 5 heteroatoms. The normalized spacial score (nSPS) is 19.4. The van der Waals surface area contributed by atoms with E-state index in [1.165, 1.54) is 0 Å². The van der Waals surface area contributed by atoms with Crippen LogP contribution in [0.5, 0.6) is 5.75 Å². The number of aliphatic hydroxyl groups is 1. The smallest absolute Gasteiger partial charge is 0.392 e. The van der Waals surface area contributed by atoms with E-state index in [0.717, 1.165) is 24.0 Å². The molecule has 2 rings (SSSR count). The van der Waals surface area contributed by atoms with Gasteiger partial charge in [-0.15, -0.1) is 0 Å². The highest BCUT2D eigenvalue weighted by Crippen LogP contribution is 2.32. The highest BCUT2D eigenvalue weighted by molar-refractivity contribution is 5.38. The van der Waals surface area contributed by atoms with E-state index < -0.39 is 25.3 Å². The fraction of sp³-hybridized carbons (Fsp3) is 0.538. The molecule has 0 amide bonds. The molecule has 1 aromatic rings. The van der Waals surface area contributed by atoms with Crippen molar-refractivity contribution in [3.05, 3.63) is 29.3 Å². The molecule has 1 N–H and O–H groups in total. The summed E-state index contributed by atoms with van der Waals surface area (Å²) < 4.78 is 41.0. The van der Waals surface area contributed by atoms with Crippen molar-refractivity contribution in [1.82, 2.24) is 0 Å². The summed E-state index contributed by atoms with van der Waals surface area (Å²) in [6.45, 7) is -0.390. The fourth-order valence-electron chi connectivity index (χ4n) is 2.13. The molecule has 0 aromatic heterocycles. The van der Waals surface area contributed by atoms with Gasteiger partial charge in [0.15, 0.2) is 0 Å². The Balaban J connectivity index is 2.00. The van der Waals surface area contributed by atoms with Crippen LogP contribution in [0.1, 0.15) is 36.5 Å². The average Bonchev–Trinajstić information content (AvgIpc) is 2.28. The largest absolute Gasteiger partial charge is 0.493 e. The lowest BCUT2D eigenvalue weighted by atomic mass is 9.89. The first-order chi connectivity index (χ1) is 8.46. The average molecular weight is 260 g/mol. The number of rotatable bonds is 3. The summed E-state index contributed by atoms with van der Waals surface area (Å²) in [6.07, 6.45) is -3.17. The van der Waals surface area contributed by atoms with E-state index in [9.17, 15) is 18.3 Å². The van der Waals surface area contributed by atoms with Crippen molar-refractivity contribution in [1.29, 1.82) is 0 Å². The molecule has 18 heavy (non-hydrogen) atoms. The van der Waals surface area contributed by atoms with Crippen molar-refractivity contribution in [3.8, 4) is 5.75 Å². The van der Waals surface area contributed by atoms with Gasteiger partial charge in [-0.05, 0) is 42.5 Å². The first kappa shape index (κ1) is 13.2. The number of hydrogen-bond donors (Lipinski definition) is 1. The van der Waals surface area contributed by atoms with E-state index in [2.05, 4.69) is 0 Å². The Hall–Kier alpha value is -1.23. The lowest BCUT2D eigenvalue weighted by molar-refractivity contribution is -0.139. The summed E-state index contributed by atoms with van der Waals surface area (Å²) in [6, 6.07) is 5.13. The second kappa shape index (κ2) is 5.18. The summed E-state index contributed by atoms with van der Waals surface area (Å²) in [4.78, 5) is 0. The summed E-state index contributed by atoms with van der Waals surface area (Å²) >= 11 is 0. The Morgan fingerprint density at radius 1 is 1.33 bits per heavy atom. The molecular weight excluding hydrogens is 245 g/mol. The molecule has 0 unspecified atom stereocenters. The molecule has 0 aliphatic heterocycles. The minimum atomic E-state index is -4.20. The first-order valence-corrected chi connectivity index (χ1v) is 5.96. The monoisotopic (exact) mass is 260 g/mol. The molecule has 1 atom stereocenters.